The Labute approximate surface area is 91.2 Å². The normalized spacial score (nSPS) is 13.2. The Balaban J connectivity index is 3.03. The molecule has 0 atom stereocenters. The van der Waals surface area contributed by atoms with Gasteiger partial charge >= 0.3 is 0 Å². The van der Waals surface area contributed by atoms with E-state index in [4.69, 9.17) is 10.3 Å². The third-order valence-corrected chi connectivity index (χ3v) is 2.77. The molecule has 0 unspecified atom stereocenters. The van der Waals surface area contributed by atoms with Crippen molar-refractivity contribution in [1.82, 2.24) is 10.1 Å². The van der Waals surface area contributed by atoms with Gasteiger partial charge in [-0.25, -0.2) is 0 Å². The lowest BCUT2D eigenvalue weighted by molar-refractivity contribution is 0.305. The largest absolute Gasteiger partial charge is 0.339 e. The number of hydrogen-bond acceptors (Lipinski definition) is 4. The van der Waals surface area contributed by atoms with Crippen molar-refractivity contribution in [2.24, 2.45) is 5.73 Å². The van der Waals surface area contributed by atoms with Gasteiger partial charge in [0.25, 0.3) is 0 Å². The maximum atomic E-state index is 6.19. The van der Waals surface area contributed by atoms with Crippen molar-refractivity contribution >= 4 is 0 Å². The molecule has 0 saturated carbocycles. The zero-order valence-corrected chi connectivity index (χ0v) is 10.3. The van der Waals surface area contributed by atoms with Crippen LogP contribution in [-0.2, 0) is 11.0 Å². The minimum absolute atomic E-state index is 0.117. The molecule has 0 fully saturated rings. The van der Waals surface area contributed by atoms with Gasteiger partial charge in [-0.05, 0) is 12.8 Å². The minimum atomic E-state index is -0.451. The van der Waals surface area contributed by atoms with Crippen LogP contribution < -0.4 is 5.73 Å². The zero-order valence-electron chi connectivity index (χ0n) is 10.3. The van der Waals surface area contributed by atoms with Crippen LogP contribution in [0.2, 0.25) is 0 Å². The van der Waals surface area contributed by atoms with Gasteiger partial charge in [-0.2, -0.15) is 4.98 Å². The molecule has 0 spiro atoms. The van der Waals surface area contributed by atoms with Gasteiger partial charge < -0.3 is 10.3 Å². The van der Waals surface area contributed by atoms with E-state index in [1.807, 2.05) is 34.6 Å². The summed E-state index contributed by atoms with van der Waals surface area (Å²) >= 11 is 0. The number of nitrogens with two attached hydrogens (primary N) is 1. The molecule has 0 aliphatic carbocycles. The van der Waals surface area contributed by atoms with Gasteiger partial charge in [-0.3, -0.25) is 0 Å². The average Bonchev–Trinajstić information content (AvgIpc) is 2.65. The lowest BCUT2D eigenvalue weighted by atomic mass is 9.93. The summed E-state index contributed by atoms with van der Waals surface area (Å²) in [6.07, 6.45) is 1.62. The third-order valence-electron chi connectivity index (χ3n) is 2.77. The predicted octanol–water partition coefficient (Wildman–Crippen LogP) is 2.34. The molecule has 0 saturated heterocycles. The first-order valence-electron chi connectivity index (χ1n) is 5.47. The monoisotopic (exact) mass is 211 g/mol. The Kier molecular flexibility index (Phi) is 3.19. The summed E-state index contributed by atoms with van der Waals surface area (Å²) in [6, 6.07) is 0. The maximum absolute atomic E-state index is 6.19. The molecule has 0 aliphatic rings. The molecular weight excluding hydrogens is 190 g/mol. The molecule has 0 radical (unpaired) electrons. The average molecular weight is 211 g/mol. The lowest BCUT2D eigenvalue weighted by Crippen LogP contribution is -2.36. The van der Waals surface area contributed by atoms with E-state index in [1.54, 1.807) is 0 Å². The highest BCUT2D eigenvalue weighted by Gasteiger charge is 2.31. The van der Waals surface area contributed by atoms with Gasteiger partial charge in [0, 0.05) is 5.41 Å². The highest BCUT2D eigenvalue weighted by Crippen LogP contribution is 2.26. The molecule has 0 aliphatic heterocycles. The highest BCUT2D eigenvalue weighted by atomic mass is 16.5. The van der Waals surface area contributed by atoms with E-state index in [1.165, 1.54) is 0 Å². The zero-order chi connectivity index (χ0) is 11.7. The molecular formula is C11H21N3O. The van der Waals surface area contributed by atoms with Crippen molar-refractivity contribution in [2.75, 3.05) is 0 Å². The van der Waals surface area contributed by atoms with Crippen molar-refractivity contribution in [1.29, 1.82) is 0 Å². The summed E-state index contributed by atoms with van der Waals surface area (Å²) < 4.78 is 5.24. The molecule has 86 valence electrons. The smallest absolute Gasteiger partial charge is 0.232 e. The molecule has 1 aromatic rings. The second-order valence-electron chi connectivity index (χ2n) is 5.04. The maximum Gasteiger partial charge on any atom is 0.232 e. The van der Waals surface area contributed by atoms with Crippen LogP contribution in [0.15, 0.2) is 4.52 Å². The van der Waals surface area contributed by atoms with Crippen molar-refractivity contribution in [3.8, 4) is 0 Å². The Morgan fingerprint density at radius 2 is 1.73 bits per heavy atom. The van der Waals surface area contributed by atoms with E-state index in [2.05, 4.69) is 10.1 Å². The van der Waals surface area contributed by atoms with E-state index >= 15 is 0 Å². The Morgan fingerprint density at radius 3 is 2.07 bits per heavy atom. The van der Waals surface area contributed by atoms with Gasteiger partial charge in [-0.1, -0.05) is 39.8 Å². The molecule has 2 N–H and O–H groups in total. The second kappa shape index (κ2) is 3.93. The van der Waals surface area contributed by atoms with Crippen LogP contribution in [0.1, 0.15) is 59.2 Å². The number of hydrogen-bond donors (Lipinski definition) is 1. The predicted molar refractivity (Wildman–Crippen MR) is 59.4 cm³/mol. The minimum Gasteiger partial charge on any atom is -0.339 e. The summed E-state index contributed by atoms with van der Waals surface area (Å²) in [5.74, 6) is 1.27. The summed E-state index contributed by atoms with van der Waals surface area (Å²) in [4.78, 5) is 4.39. The number of rotatable bonds is 3. The fourth-order valence-electron chi connectivity index (χ4n) is 1.30. The third kappa shape index (κ3) is 2.37. The van der Waals surface area contributed by atoms with E-state index in [9.17, 15) is 0 Å². The van der Waals surface area contributed by atoms with Gasteiger partial charge in [0.15, 0.2) is 5.82 Å². The van der Waals surface area contributed by atoms with Crippen LogP contribution in [0.3, 0.4) is 0 Å². The van der Waals surface area contributed by atoms with Crippen LogP contribution in [0, 0.1) is 0 Å². The van der Waals surface area contributed by atoms with Crippen LogP contribution in [-0.4, -0.2) is 10.1 Å². The first kappa shape index (κ1) is 12.2. The quantitative estimate of drug-likeness (QED) is 0.833. The fourth-order valence-corrected chi connectivity index (χ4v) is 1.30. The van der Waals surface area contributed by atoms with Crippen LogP contribution in [0.4, 0.5) is 0 Å². The van der Waals surface area contributed by atoms with Gasteiger partial charge in [0.05, 0.1) is 5.54 Å². The van der Waals surface area contributed by atoms with Crippen molar-refractivity contribution in [3.63, 3.8) is 0 Å². The Bertz CT molecular complexity index is 321. The lowest BCUT2D eigenvalue weighted by Gasteiger charge is -2.21. The standard InChI is InChI=1S/C11H21N3O/c1-6-11(12,7-2)8-13-9(15-14-8)10(3,4)5/h6-7,12H2,1-5H3. The number of nitrogens with zero attached hydrogens (tertiary/aromatic N) is 2. The van der Waals surface area contributed by atoms with Gasteiger partial charge in [0.2, 0.25) is 5.89 Å². The molecule has 0 amide bonds. The summed E-state index contributed by atoms with van der Waals surface area (Å²) in [5, 5.41) is 3.99. The van der Waals surface area contributed by atoms with E-state index in [0.29, 0.717) is 11.7 Å². The molecule has 1 rings (SSSR count). The van der Waals surface area contributed by atoms with E-state index in [0.717, 1.165) is 12.8 Å². The highest BCUT2D eigenvalue weighted by molar-refractivity contribution is 5.06. The van der Waals surface area contributed by atoms with Crippen molar-refractivity contribution in [2.45, 2.75) is 58.4 Å². The molecule has 0 bridgehead atoms. The summed E-state index contributed by atoms with van der Waals surface area (Å²) in [6.45, 7) is 10.2. The SMILES string of the molecule is CCC(N)(CC)c1noc(C(C)(C)C)n1. The van der Waals surface area contributed by atoms with Crippen LogP contribution >= 0.6 is 0 Å². The molecule has 4 nitrogen and oxygen atoms in total. The van der Waals surface area contributed by atoms with Gasteiger partial charge in [0.1, 0.15) is 0 Å². The van der Waals surface area contributed by atoms with E-state index < -0.39 is 5.54 Å². The molecule has 1 aromatic heterocycles. The summed E-state index contributed by atoms with van der Waals surface area (Å²) in [5.41, 5.74) is 5.62. The van der Waals surface area contributed by atoms with Crippen molar-refractivity contribution < 1.29 is 4.52 Å². The molecule has 15 heavy (non-hydrogen) atoms. The fraction of sp³-hybridized carbons (Fsp3) is 0.818. The van der Waals surface area contributed by atoms with Crippen LogP contribution in [0.25, 0.3) is 0 Å². The molecule has 4 heteroatoms. The topological polar surface area (TPSA) is 64.9 Å². The van der Waals surface area contributed by atoms with E-state index in [-0.39, 0.29) is 5.41 Å². The Morgan fingerprint density at radius 1 is 1.20 bits per heavy atom. The first-order chi connectivity index (χ1) is 6.83. The Hall–Kier alpha value is -0.900. The van der Waals surface area contributed by atoms with Gasteiger partial charge in [-0.15, -0.1) is 0 Å². The number of aromatic nitrogens is 2. The first-order valence-corrected chi connectivity index (χ1v) is 5.47. The molecule has 0 aromatic carbocycles. The van der Waals surface area contributed by atoms with Crippen molar-refractivity contribution in [3.05, 3.63) is 11.7 Å². The second-order valence-corrected chi connectivity index (χ2v) is 5.04. The molecule has 1 heterocycles. The van der Waals surface area contributed by atoms with Crippen LogP contribution in [0.5, 0.6) is 0 Å². The summed E-state index contributed by atoms with van der Waals surface area (Å²) in [7, 11) is 0.